The number of hydrogen-bond donors (Lipinski definition) is 1. The molecule has 34 heteroatoms. The second kappa shape index (κ2) is 17.3. The summed E-state index contributed by atoms with van der Waals surface area (Å²) >= 11 is -0.972. The summed E-state index contributed by atoms with van der Waals surface area (Å²) in [7, 11) is 0. The number of rotatable bonds is 22. The van der Waals surface area contributed by atoms with E-state index in [0.717, 1.165) is 0 Å². The van der Waals surface area contributed by atoms with Gasteiger partial charge in [0.25, 0.3) is 0 Å². The van der Waals surface area contributed by atoms with Gasteiger partial charge in [0.05, 0.1) is 18.5 Å². The van der Waals surface area contributed by atoms with Crippen molar-refractivity contribution in [2.24, 2.45) is 0 Å². The third kappa shape index (κ3) is 10.9. The van der Waals surface area contributed by atoms with Crippen molar-refractivity contribution in [3.8, 4) is 0 Å². The van der Waals surface area contributed by atoms with Crippen LogP contribution in [0.25, 0.3) is 0 Å². The Labute approximate surface area is 294 Å². The molecule has 0 bridgehead atoms. The zero-order valence-electron chi connectivity index (χ0n) is 25.6. The zero-order chi connectivity index (χ0) is 45.2. The van der Waals surface area contributed by atoms with Crippen molar-refractivity contribution in [1.29, 1.82) is 0 Å². The molecule has 7 nitrogen and oxygen atoms in total. The van der Waals surface area contributed by atoms with Gasteiger partial charge in [-0.25, -0.2) is 14.0 Å². The van der Waals surface area contributed by atoms with Gasteiger partial charge >= 0.3 is 84.0 Å². The number of halogens is 26. The van der Waals surface area contributed by atoms with Crippen LogP contribution < -0.4 is 0 Å². The predicted octanol–water partition coefficient (Wildman–Crippen LogP) is 9.94. The highest BCUT2D eigenvalue weighted by Crippen LogP contribution is 2.56. The van der Waals surface area contributed by atoms with E-state index >= 15 is 0 Å². The topological polar surface area (TPSA) is 91.3 Å². The van der Waals surface area contributed by atoms with E-state index in [1.165, 1.54) is 0 Å². The lowest BCUT2D eigenvalue weighted by molar-refractivity contribution is -0.432. The average Bonchev–Trinajstić information content (AvgIpc) is 3.01. The molecule has 1 N–H and O–H groups in total. The van der Waals surface area contributed by atoms with Gasteiger partial charge in [0.1, 0.15) is 11.4 Å². The molecule has 0 rings (SSSR count). The fourth-order valence-corrected chi connectivity index (χ4v) is 3.86. The smallest absolute Gasteiger partial charge is 0.460 e. The fourth-order valence-electron chi connectivity index (χ4n) is 3.39. The first-order valence-corrected chi connectivity index (χ1v) is 14.1. The molecular formula is C22H16F26O7S. The van der Waals surface area contributed by atoms with Crippen molar-refractivity contribution in [3.63, 3.8) is 0 Å². The Morgan fingerprint density at radius 3 is 1.25 bits per heavy atom. The first-order valence-electron chi connectivity index (χ1n) is 13.3. The highest BCUT2D eigenvalue weighted by atomic mass is 32.2. The van der Waals surface area contributed by atoms with E-state index in [2.05, 4.69) is 18.8 Å². The van der Waals surface area contributed by atoms with Gasteiger partial charge in [-0.3, -0.25) is 9.59 Å². The first-order chi connectivity index (χ1) is 24.5. The van der Waals surface area contributed by atoms with Crippen molar-refractivity contribution < 1.29 is 148 Å². The molecule has 1 atom stereocenters. The van der Waals surface area contributed by atoms with Crippen molar-refractivity contribution in [2.75, 3.05) is 6.61 Å². The molecule has 0 heterocycles. The number of carbonyl (C=O) groups is 2. The molecule has 0 aliphatic rings. The SMILES string of the molecule is O=C(CC(SOOO)C(=O)OC(CCC(F)(F)C(F)(F)C(F)(F)C(F)(F)F)CCC(F)(F)C(F)(F)C(F)(F)C(F)(F)F)OCC(F)(F)C(F)(F)C(F)(F)C(F)F. The quantitative estimate of drug-likeness (QED) is 0.0378. The highest BCUT2D eigenvalue weighted by Gasteiger charge is 2.82. The van der Waals surface area contributed by atoms with Crippen LogP contribution in [0, 0.1) is 0 Å². The van der Waals surface area contributed by atoms with E-state index in [4.69, 9.17) is 5.26 Å². The molecule has 0 saturated heterocycles. The average molecular weight is 918 g/mol. The van der Waals surface area contributed by atoms with Crippen molar-refractivity contribution in [2.45, 2.75) is 116 Å². The molecular weight excluding hydrogens is 902 g/mol. The number of ether oxygens (including phenoxy) is 2. The first kappa shape index (κ1) is 53.4. The summed E-state index contributed by atoms with van der Waals surface area (Å²) in [5, 5.41) is 7.99. The van der Waals surface area contributed by atoms with Crippen LogP contribution in [0.1, 0.15) is 32.1 Å². The minimum atomic E-state index is -7.67. The lowest BCUT2D eigenvalue weighted by Crippen LogP contribution is -2.61. The van der Waals surface area contributed by atoms with Crippen molar-refractivity contribution in [1.82, 2.24) is 0 Å². The van der Waals surface area contributed by atoms with Gasteiger partial charge in [-0.2, -0.15) is 105 Å². The van der Waals surface area contributed by atoms with Gasteiger partial charge < -0.3 is 9.47 Å². The second-order valence-electron chi connectivity index (χ2n) is 10.6. The lowest BCUT2D eigenvalue weighted by atomic mass is 9.94. The molecule has 334 valence electrons. The lowest BCUT2D eigenvalue weighted by Gasteiger charge is -2.35. The molecule has 0 aromatic carbocycles. The van der Waals surface area contributed by atoms with E-state index in [0.29, 0.717) is 0 Å². The summed E-state index contributed by atoms with van der Waals surface area (Å²) in [6, 6.07) is 0. The van der Waals surface area contributed by atoms with E-state index in [1.807, 2.05) is 0 Å². The summed E-state index contributed by atoms with van der Waals surface area (Å²) in [5.74, 6) is -69.5. The third-order valence-corrected chi connectivity index (χ3v) is 7.36. The monoisotopic (exact) mass is 918 g/mol. The molecule has 0 radical (unpaired) electrons. The van der Waals surface area contributed by atoms with Gasteiger partial charge in [-0.1, -0.05) is 5.04 Å². The zero-order valence-corrected chi connectivity index (χ0v) is 26.4. The van der Waals surface area contributed by atoms with Crippen LogP contribution in [0.4, 0.5) is 114 Å². The minimum absolute atomic E-state index is 0.972. The van der Waals surface area contributed by atoms with Crippen LogP contribution in [-0.2, 0) is 28.4 Å². The van der Waals surface area contributed by atoms with Crippen LogP contribution in [-0.4, -0.2) is 107 Å². The number of hydrogen-bond acceptors (Lipinski definition) is 8. The van der Waals surface area contributed by atoms with E-state index in [-0.39, 0.29) is 0 Å². The molecule has 0 aromatic rings. The normalized spacial score (nSPS) is 15.7. The molecule has 0 spiro atoms. The number of esters is 2. The molecule has 56 heavy (non-hydrogen) atoms. The molecule has 0 aromatic heterocycles. The summed E-state index contributed by atoms with van der Waals surface area (Å²) in [6.07, 6.45) is -37.8. The largest absolute Gasteiger partial charge is 0.461 e. The standard InChI is InChI=1S/C22H16F26O7S/c23-11(24)15(31,32)16(33,34)14(29,30)6-52-9(49)5-8(56-55-54-51)10(50)53-7(1-3-12(25,26)17(35,36)19(39,40)21(43,44)45)2-4-13(27,28)18(37,38)20(41,42)22(46,47)48/h7-8,11,51H,1-6H2. The molecule has 0 saturated carbocycles. The summed E-state index contributed by atoms with van der Waals surface area (Å²) in [6.45, 7) is -3.30. The molecule has 0 aliphatic heterocycles. The van der Waals surface area contributed by atoms with E-state index in [9.17, 15) is 124 Å². The highest BCUT2D eigenvalue weighted by molar-refractivity contribution is 7.95. The maximum atomic E-state index is 14.1. The predicted molar refractivity (Wildman–Crippen MR) is 123 cm³/mol. The number of alkyl halides is 26. The molecule has 1 unspecified atom stereocenters. The number of carbonyl (C=O) groups excluding carboxylic acids is 2. The Bertz CT molecular complexity index is 1260. The Hall–Kier alpha value is -2.65. The van der Waals surface area contributed by atoms with Crippen LogP contribution in [0.15, 0.2) is 0 Å². The summed E-state index contributed by atoms with van der Waals surface area (Å²) in [5.41, 5.74) is 0. The Morgan fingerprint density at radius 1 is 0.554 bits per heavy atom. The Morgan fingerprint density at radius 2 is 0.929 bits per heavy atom. The Kier molecular flexibility index (Phi) is 16.5. The van der Waals surface area contributed by atoms with Crippen LogP contribution in [0.3, 0.4) is 0 Å². The maximum absolute atomic E-state index is 14.1. The van der Waals surface area contributed by atoms with Gasteiger partial charge in [0.15, 0.2) is 6.61 Å². The second-order valence-corrected chi connectivity index (χ2v) is 11.5. The van der Waals surface area contributed by atoms with Gasteiger partial charge in [-0.15, -0.1) is 4.33 Å². The molecule has 0 amide bonds. The van der Waals surface area contributed by atoms with Crippen molar-refractivity contribution >= 4 is 24.0 Å². The van der Waals surface area contributed by atoms with Crippen molar-refractivity contribution in [3.05, 3.63) is 0 Å². The van der Waals surface area contributed by atoms with Crippen LogP contribution in [0.5, 0.6) is 0 Å². The van der Waals surface area contributed by atoms with Gasteiger partial charge in [-0.05, 0) is 12.8 Å². The Balaban J connectivity index is 6.64. The molecule has 0 fully saturated rings. The summed E-state index contributed by atoms with van der Waals surface area (Å²) < 4.78 is 353. The maximum Gasteiger partial charge on any atom is 0.460 e. The van der Waals surface area contributed by atoms with Crippen LogP contribution in [0.2, 0.25) is 0 Å². The fraction of sp³-hybridized carbons (Fsp3) is 0.909. The molecule has 0 aliphatic carbocycles. The summed E-state index contributed by atoms with van der Waals surface area (Å²) in [4.78, 5) is 24.3. The van der Waals surface area contributed by atoms with E-state index < -0.39 is 146 Å². The van der Waals surface area contributed by atoms with Crippen LogP contribution >= 0.6 is 12.0 Å². The van der Waals surface area contributed by atoms with E-state index in [1.54, 1.807) is 0 Å². The minimum Gasteiger partial charge on any atom is -0.461 e. The van der Waals surface area contributed by atoms with Gasteiger partial charge in [0.2, 0.25) is 0 Å². The van der Waals surface area contributed by atoms with Gasteiger partial charge in [0, 0.05) is 12.8 Å². The third-order valence-electron chi connectivity index (χ3n) is 6.63.